The van der Waals surface area contributed by atoms with Crippen LogP contribution in [0.5, 0.6) is 0 Å². The Morgan fingerprint density at radius 1 is 1.18 bits per heavy atom. The van der Waals surface area contributed by atoms with E-state index in [0.717, 1.165) is 4.76 Å². The zero-order valence-corrected chi connectivity index (χ0v) is 8.14. The van der Waals surface area contributed by atoms with Gasteiger partial charge in [0, 0.05) is 44.3 Å². The third kappa shape index (κ3) is 2.45. The Labute approximate surface area is 68.9 Å². The van der Waals surface area contributed by atoms with Gasteiger partial charge in [-0.2, -0.15) is 0 Å². The van der Waals surface area contributed by atoms with Crippen LogP contribution < -0.4 is 0 Å². The van der Waals surface area contributed by atoms with Crippen LogP contribution in [-0.2, 0) is 0 Å². The maximum atomic E-state index is 11.6. The molecule has 0 heterocycles. The highest BCUT2D eigenvalue weighted by molar-refractivity contribution is 4.89. The Balaban J connectivity index is 4.63. The van der Waals surface area contributed by atoms with Gasteiger partial charge < -0.3 is 0 Å². The summed E-state index contributed by atoms with van der Waals surface area (Å²) in [6.45, 7) is 13.0. The van der Waals surface area contributed by atoms with Gasteiger partial charge in [-0.15, -0.1) is 0 Å². The second-order valence-corrected chi connectivity index (χ2v) is 4.32. The van der Waals surface area contributed by atoms with Crippen molar-refractivity contribution >= 4 is 0 Å². The van der Waals surface area contributed by atoms with Crippen LogP contribution >= 0.6 is 0 Å². The van der Waals surface area contributed by atoms with Crippen molar-refractivity contribution in [1.82, 2.24) is 0 Å². The quantitative estimate of drug-likeness (QED) is 0.444. The lowest BCUT2D eigenvalue weighted by atomic mass is 9.99. The lowest BCUT2D eigenvalue weighted by molar-refractivity contribution is -0.667. The molecule has 64 valence electrons. The molecule has 0 bridgehead atoms. The van der Waals surface area contributed by atoms with E-state index in [-0.39, 0.29) is 5.54 Å². The van der Waals surface area contributed by atoms with Crippen LogP contribution in [0, 0.1) is 4.91 Å². The van der Waals surface area contributed by atoms with Gasteiger partial charge in [0.05, 0.1) is 0 Å². The van der Waals surface area contributed by atoms with E-state index in [2.05, 4.69) is 6.58 Å². The predicted molar refractivity (Wildman–Crippen MR) is 47.7 cm³/mol. The summed E-state index contributed by atoms with van der Waals surface area (Å²) >= 11 is 0. The van der Waals surface area contributed by atoms with E-state index in [0.29, 0.717) is 0 Å². The van der Waals surface area contributed by atoms with E-state index in [1.165, 1.54) is 0 Å². The van der Waals surface area contributed by atoms with Crippen molar-refractivity contribution in [1.29, 1.82) is 0 Å². The smallest absolute Gasteiger partial charge is 0.0961 e. The lowest BCUT2D eigenvalue weighted by Crippen LogP contribution is -2.44. The van der Waals surface area contributed by atoms with Crippen LogP contribution in [0.2, 0.25) is 0 Å². The van der Waals surface area contributed by atoms with E-state index in [1.54, 1.807) is 6.08 Å². The summed E-state index contributed by atoms with van der Waals surface area (Å²) in [6, 6.07) is 0. The standard InChI is InChI=1S/C9H18NO/c1-7-9(5,6)10(11)8(2,3)4/h7H,1H2,2-6H3/q+1. The maximum Gasteiger partial charge on any atom is 0.223 e. The third-order valence-electron chi connectivity index (χ3n) is 1.63. The average Bonchev–Trinajstić information content (AvgIpc) is 1.84. The average molecular weight is 156 g/mol. The van der Waals surface area contributed by atoms with Gasteiger partial charge in [0.15, 0.2) is 0 Å². The van der Waals surface area contributed by atoms with E-state index >= 15 is 0 Å². The number of hydrogen-bond acceptors (Lipinski definition) is 1. The molecule has 0 aliphatic carbocycles. The van der Waals surface area contributed by atoms with E-state index in [4.69, 9.17) is 0 Å². The molecule has 0 N–H and O–H groups in total. The molecule has 0 saturated carbocycles. The highest BCUT2D eigenvalue weighted by Gasteiger charge is 2.41. The van der Waals surface area contributed by atoms with Crippen LogP contribution in [0.1, 0.15) is 34.6 Å². The second kappa shape index (κ2) is 2.76. The molecule has 0 aromatic heterocycles. The fraction of sp³-hybridized carbons (Fsp3) is 0.778. The van der Waals surface area contributed by atoms with Crippen LogP contribution in [0.3, 0.4) is 0 Å². The van der Waals surface area contributed by atoms with Crippen LogP contribution in [0.15, 0.2) is 12.7 Å². The van der Waals surface area contributed by atoms with Gasteiger partial charge >= 0.3 is 0 Å². The van der Waals surface area contributed by atoms with E-state index in [1.807, 2.05) is 34.6 Å². The molecule has 0 saturated heterocycles. The fourth-order valence-corrected chi connectivity index (χ4v) is 0.947. The summed E-state index contributed by atoms with van der Waals surface area (Å²) in [4.78, 5) is 11.6. The van der Waals surface area contributed by atoms with Crippen molar-refractivity contribution in [3.05, 3.63) is 17.6 Å². The fourth-order valence-electron chi connectivity index (χ4n) is 0.947. The minimum Gasteiger partial charge on any atom is -0.0961 e. The topological polar surface area (TPSA) is 20.1 Å². The highest BCUT2D eigenvalue weighted by Crippen LogP contribution is 2.19. The van der Waals surface area contributed by atoms with Gasteiger partial charge in [0.1, 0.15) is 0 Å². The first-order valence-corrected chi connectivity index (χ1v) is 3.83. The lowest BCUT2D eigenvalue weighted by Gasteiger charge is -2.19. The Hall–Kier alpha value is -0.660. The Kier molecular flexibility index (Phi) is 2.60. The highest BCUT2D eigenvalue weighted by atomic mass is 16.3. The number of nitrogens with zero attached hydrogens (tertiary/aromatic N) is 1. The SMILES string of the molecule is C=CC(C)(C)[N+](=O)C(C)(C)C. The molecule has 2 nitrogen and oxygen atoms in total. The van der Waals surface area contributed by atoms with Crippen LogP contribution in [0.4, 0.5) is 0 Å². The molecule has 2 heteroatoms. The molecular formula is C9H18NO+. The first-order valence-electron chi connectivity index (χ1n) is 3.83. The first kappa shape index (κ1) is 10.3. The van der Waals surface area contributed by atoms with Crippen molar-refractivity contribution in [2.45, 2.75) is 45.7 Å². The molecular weight excluding hydrogens is 138 g/mol. The molecule has 0 atom stereocenters. The number of nitroso groups, excluding NO2 is 1. The molecule has 11 heavy (non-hydrogen) atoms. The monoisotopic (exact) mass is 156 g/mol. The maximum absolute atomic E-state index is 11.6. The molecule has 0 aliphatic heterocycles. The molecule has 0 rings (SSSR count). The summed E-state index contributed by atoms with van der Waals surface area (Å²) < 4.78 is 1.06. The minimum absolute atomic E-state index is 0.350. The Bertz CT molecular complexity index is 174. The molecule has 0 unspecified atom stereocenters. The molecule has 0 fully saturated rings. The second-order valence-electron chi connectivity index (χ2n) is 4.32. The summed E-state index contributed by atoms with van der Waals surface area (Å²) in [7, 11) is 0. The normalized spacial score (nSPS) is 12.8. The van der Waals surface area contributed by atoms with Gasteiger partial charge in [-0.05, 0) is 6.08 Å². The van der Waals surface area contributed by atoms with Gasteiger partial charge in [-0.1, -0.05) is 6.58 Å². The summed E-state index contributed by atoms with van der Waals surface area (Å²) in [5.41, 5.74) is -0.823. The van der Waals surface area contributed by atoms with Crippen molar-refractivity contribution in [2.75, 3.05) is 0 Å². The molecule has 0 aromatic carbocycles. The van der Waals surface area contributed by atoms with Gasteiger partial charge in [-0.3, -0.25) is 0 Å². The molecule has 0 amide bonds. The largest absolute Gasteiger partial charge is 0.223 e. The third-order valence-corrected chi connectivity index (χ3v) is 1.63. The number of hydrogen-bond donors (Lipinski definition) is 0. The zero-order chi connectivity index (χ0) is 9.28. The zero-order valence-electron chi connectivity index (χ0n) is 8.14. The van der Waals surface area contributed by atoms with Crippen molar-refractivity contribution < 1.29 is 4.76 Å². The summed E-state index contributed by atoms with van der Waals surface area (Å²) in [5.74, 6) is 0. The van der Waals surface area contributed by atoms with Crippen molar-refractivity contribution in [2.24, 2.45) is 0 Å². The van der Waals surface area contributed by atoms with Gasteiger partial charge in [0.2, 0.25) is 11.1 Å². The summed E-state index contributed by atoms with van der Waals surface area (Å²) in [6.07, 6.45) is 1.67. The molecule has 0 radical (unpaired) electrons. The van der Waals surface area contributed by atoms with E-state index in [9.17, 15) is 4.91 Å². The predicted octanol–water partition coefficient (Wildman–Crippen LogP) is 2.53. The van der Waals surface area contributed by atoms with Gasteiger partial charge in [0.25, 0.3) is 0 Å². The van der Waals surface area contributed by atoms with Crippen LogP contribution in [0.25, 0.3) is 0 Å². The van der Waals surface area contributed by atoms with Crippen LogP contribution in [-0.4, -0.2) is 15.8 Å². The summed E-state index contributed by atoms with van der Waals surface area (Å²) in [5, 5.41) is 0. The molecule has 0 spiro atoms. The van der Waals surface area contributed by atoms with Gasteiger partial charge in [-0.25, -0.2) is 0 Å². The van der Waals surface area contributed by atoms with E-state index < -0.39 is 5.54 Å². The molecule has 0 aromatic rings. The molecule has 0 aliphatic rings. The van der Waals surface area contributed by atoms with Crippen molar-refractivity contribution in [3.63, 3.8) is 0 Å². The van der Waals surface area contributed by atoms with Crippen molar-refractivity contribution in [3.8, 4) is 0 Å². The minimum atomic E-state index is -0.474. The number of rotatable bonds is 2. The Morgan fingerprint density at radius 3 is 1.64 bits per heavy atom. The first-order chi connectivity index (χ1) is 4.72. The Morgan fingerprint density at radius 2 is 1.55 bits per heavy atom.